The van der Waals surface area contributed by atoms with Gasteiger partial charge < -0.3 is 14.8 Å². The van der Waals surface area contributed by atoms with Crippen LogP contribution in [0.2, 0.25) is 0 Å². The molecule has 102 valence electrons. The minimum Gasteiger partial charge on any atom is -0.383 e. The van der Waals surface area contributed by atoms with Crippen molar-refractivity contribution < 1.29 is 9.47 Å². The van der Waals surface area contributed by atoms with Gasteiger partial charge in [0.1, 0.15) is 0 Å². The zero-order chi connectivity index (χ0) is 12.3. The second kappa shape index (κ2) is 9.83. The van der Waals surface area contributed by atoms with E-state index in [0.717, 1.165) is 32.8 Å². The average molecular weight is 244 g/mol. The molecule has 0 amide bonds. The Kier molecular flexibility index (Phi) is 8.61. The first-order valence-electron chi connectivity index (χ1n) is 6.80. The zero-order valence-electron chi connectivity index (χ0n) is 11.4. The summed E-state index contributed by atoms with van der Waals surface area (Å²) < 4.78 is 10.3. The molecule has 0 aliphatic carbocycles. The van der Waals surface area contributed by atoms with Crippen molar-refractivity contribution in [2.45, 2.75) is 31.7 Å². The Morgan fingerprint density at radius 1 is 1.06 bits per heavy atom. The van der Waals surface area contributed by atoms with E-state index in [2.05, 4.69) is 10.2 Å². The molecule has 17 heavy (non-hydrogen) atoms. The molecule has 0 radical (unpaired) electrons. The number of methoxy groups -OCH3 is 2. The Morgan fingerprint density at radius 3 is 2.41 bits per heavy atom. The average Bonchev–Trinajstić information content (AvgIpc) is 2.61. The van der Waals surface area contributed by atoms with Crippen molar-refractivity contribution in [2.75, 3.05) is 53.6 Å². The molecule has 0 aromatic rings. The third-order valence-electron chi connectivity index (χ3n) is 3.36. The fourth-order valence-electron chi connectivity index (χ4n) is 2.30. The first-order valence-corrected chi connectivity index (χ1v) is 6.80. The van der Waals surface area contributed by atoms with Crippen molar-refractivity contribution in [2.24, 2.45) is 0 Å². The van der Waals surface area contributed by atoms with Crippen LogP contribution < -0.4 is 5.32 Å². The topological polar surface area (TPSA) is 33.7 Å². The molecule has 0 bridgehead atoms. The highest BCUT2D eigenvalue weighted by atomic mass is 16.5. The smallest absolute Gasteiger partial charge is 0.0589 e. The number of hydrogen-bond donors (Lipinski definition) is 1. The highest BCUT2D eigenvalue weighted by molar-refractivity contribution is 4.75. The normalized spacial score (nSPS) is 21.7. The molecule has 0 saturated carbocycles. The molecule has 1 rings (SSSR count). The summed E-state index contributed by atoms with van der Waals surface area (Å²) in [5.41, 5.74) is 0. The van der Waals surface area contributed by atoms with Crippen LogP contribution in [0.1, 0.15) is 25.7 Å². The maximum Gasteiger partial charge on any atom is 0.0589 e. The van der Waals surface area contributed by atoms with E-state index in [0.29, 0.717) is 6.04 Å². The summed E-state index contributed by atoms with van der Waals surface area (Å²) in [4.78, 5) is 2.44. The van der Waals surface area contributed by atoms with Crippen molar-refractivity contribution >= 4 is 0 Å². The van der Waals surface area contributed by atoms with Crippen molar-refractivity contribution in [1.29, 1.82) is 0 Å². The monoisotopic (exact) mass is 244 g/mol. The predicted octanol–water partition coefficient (Wildman–Crippen LogP) is 1.11. The second-order valence-corrected chi connectivity index (χ2v) is 4.79. The Morgan fingerprint density at radius 2 is 1.76 bits per heavy atom. The summed E-state index contributed by atoms with van der Waals surface area (Å²) in [6.45, 7) is 5.89. The summed E-state index contributed by atoms with van der Waals surface area (Å²) in [5, 5.41) is 3.64. The van der Waals surface area contributed by atoms with Crippen LogP contribution in [-0.4, -0.2) is 64.6 Å². The lowest BCUT2D eigenvalue weighted by atomic mass is 10.1. The highest BCUT2D eigenvalue weighted by Gasteiger charge is 2.15. The van der Waals surface area contributed by atoms with Gasteiger partial charge in [-0.25, -0.2) is 0 Å². The Balaban J connectivity index is 2.28. The lowest BCUT2D eigenvalue weighted by Crippen LogP contribution is -2.43. The molecule has 1 N–H and O–H groups in total. The number of nitrogens with zero attached hydrogens (tertiary/aromatic N) is 1. The quantitative estimate of drug-likeness (QED) is 0.693. The minimum absolute atomic E-state index is 0.645. The molecule has 1 atom stereocenters. The van der Waals surface area contributed by atoms with E-state index in [1.54, 1.807) is 14.2 Å². The van der Waals surface area contributed by atoms with E-state index in [9.17, 15) is 0 Å². The summed E-state index contributed by atoms with van der Waals surface area (Å²) in [6.07, 6.45) is 5.36. The van der Waals surface area contributed by atoms with Crippen LogP contribution in [0.3, 0.4) is 0 Å². The van der Waals surface area contributed by atoms with E-state index >= 15 is 0 Å². The molecule has 4 heteroatoms. The van der Waals surface area contributed by atoms with Crippen molar-refractivity contribution in [3.63, 3.8) is 0 Å². The minimum atomic E-state index is 0.645. The predicted molar refractivity (Wildman–Crippen MR) is 70.5 cm³/mol. The van der Waals surface area contributed by atoms with E-state index < -0.39 is 0 Å². The third-order valence-corrected chi connectivity index (χ3v) is 3.36. The summed E-state index contributed by atoms with van der Waals surface area (Å²) >= 11 is 0. The Bertz CT molecular complexity index is 163. The number of nitrogens with one attached hydrogen (secondary N) is 1. The van der Waals surface area contributed by atoms with Gasteiger partial charge in [-0.1, -0.05) is 12.8 Å². The van der Waals surface area contributed by atoms with E-state index in [1.807, 2.05) is 0 Å². The molecule has 1 heterocycles. The number of rotatable bonds is 8. The van der Waals surface area contributed by atoms with Crippen LogP contribution in [0.25, 0.3) is 0 Å². The van der Waals surface area contributed by atoms with Crippen LogP contribution in [0, 0.1) is 0 Å². The van der Waals surface area contributed by atoms with Crippen molar-refractivity contribution in [1.82, 2.24) is 10.2 Å². The molecule has 1 aliphatic heterocycles. The molecule has 1 aliphatic rings. The molecule has 1 fully saturated rings. The molecule has 0 aromatic heterocycles. The van der Waals surface area contributed by atoms with Gasteiger partial charge in [-0.2, -0.15) is 0 Å². The van der Waals surface area contributed by atoms with E-state index in [-0.39, 0.29) is 0 Å². The van der Waals surface area contributed by atoms with Gasteiger partial charge in [0.15, 0.2) is 0 Å². The van der Waals surface area contributed by atoms with Gasteiger partial charge in [0.2, 0.25) is 0 Å². The van der Waals surface area contributed by atoms with E-state index in [4.69, 9.17) is 9.47 Å². The summed E-state index contributed by atoms with van der Waals surface area (Å²) in [5.74, 6) is 0. The van der Waals surface area contributed by atoms with Crippen molar-refractivity contribution in [3.05, 3.63) is 0 Å². The first kappa shape index (κ1) is 14.9. The maximum absolute atomic E-state index is 5.16. The molecule has 0 aromatic carbocycles. The summed E-state index contributed by atoms with van der Waals surface area (Å²) in [7, 11) is 3.52. The molecule has 0 spiro atoms. The Labute approximate surface area is 106 Å². The lowest BCUT2D eigenvalue weighted by molar-refractivity contribution is 0.107. The van der Waals surface area contributed by atoms with Gasteiger partial charge >= 0.3 is 0 Å². The molecule has 1 saturated heterocycles. The van der Waals surface area contributed by atoms with Crippen LogP contribution >= 0.6 is 0 Å². The standard InChI is InChI=1S/C13H28N2O2/c1-16-10-8-15(9-11-17-2)12-13-6-4-3-5-7-14-13/h13-14H,3-12H2,1-2H3. The van der Waals surface area contributed by atoms with Crippen LogP contribution in [0.15, 0.2) is 0 Å². The molecular formula is C13H28N2O2. The summed E-state index contributed by atoms with van der Waals surface area (Å²) in [6, 6.07) is 0.645. The van der Waals surface area contributed by atoms with Crippen LogP contribution in [0.4, 0.5) is 0 Å². The van der Waals surface area contributed by atoms with Gasteiger partial charge in [0.25, 0.3) is 0 Å². The Hall–Kier alpha value is -0.160. The SMILES string of the molecule is COCCN(CCOC)CC1CCCCCN1. The number of ether oxygens (including phenoxy) is 2. The number of hydrogen-bond acceptors (Lipinski definition) is 4. The van der Waals surface area contributed by atoms with Crippen LogP contribution in [-0.2, 0) is 9.47 Å². The van der Waals surface area contributed by atoms with Crippen molar-refractivity contribution in [3.8, 4) is 0 Å². The maximum atomic E-state index is 5.16. The zero-order valence-corrected chi connectivity index (χ0v) is 11.4. The fraction of sp³-hybridized carbons (Fsp3) is 1.00. The van der Waals surface area contributed by atoms with Crippen LogP contribution in [0.5, 0.6) is 0 Å². The second-order valence-electron chi connectivity index (χ2n) is 4.79. The molecule has 4 nitrogen and oxygen atoms in total. The molecular weight excluding hydrogens is 216 g/mol. The largest absolute Gasteiger partial charge is 0.383 e. The highest BCUT2D eigenvalue weighted by Crippen LogP contribution is 2.09. The molecule has 1 unspecified atom stereocenters. The van der Waals surface area contributed by atoms with Gasteiger partial charge in [0.05, 0.1) is 13.2 Å². The van der Waals surface area contributed by atoms with Gasteiger partial charge in [-0.15, -0.1) is 0 Å². The van der Waals surface area contributed by atoms with Gasteiger partial charge in [-0.05, 0) is 19.4 Å². The third kappa shape index (κ3) is 6.99. The van der Waals surface area contributed by atoms with E-state index in [1.165, 1.54) is 32.2 Å². The van der Waals surface area contributed by atoms with Gasteiger partial charge in [-0.3, -0.25) is 4.90 Å². The lowest BCUT2D eigenvalue weighted by Gasteiger charge is -2.27. The fourth-order valence-corrected chi connectivity index (χ4v) is 2.30. The first-order chi connectivity index (χ1) is 8.36. The van der Waals surface area contributed by atoms with Gasteiger partial charge in [0, 0.05) is 39.9 Å².